The van der Waals surface area contributed by atoms with Crippen molar-refractivity contribution in [2.45, 2.75) is 26.3 Å². The maximum Gasteiger partial charge on any atom is 0.238 e. The molecule has 2 aromatic rings. The number of nitrogens with zero attached hydrogens (tertiary/aromatic N) is 1. The molecule has 1 aromatic heterocycles. The van der Waals surface area contributed by atoms with Crippen LogP contribution in [0.1, 0.15) is 20.3 Å². The molecule has 0 spiro atoms. The van der Waals surface area contributed by atoms with Gasteiger partial charge in [-0.3, -0.25) is 9.89 Å². The number of para-hydroxylation sites is 1. The Bertz CT molecular complexity index is 535. The molecule has 2 rings (SSSR count). The molecule has 0 bridgehead atoms. The Morgan fingerprint density at radius 3 is 3.11 bits per heavy atom. The number of carbonyl (C=O) groups is 1. The molecule has 1 amide bonds. The summed E-state index contributed by atoms with van der Waals surface area (Å²) in [5, 5.41) is 13.9. The molecule has 1 heterocycles. The normalized spacial score (nSPS) is 12.6. The lowest BCUT2D eigenvalue weighted by atomic mass is 10.2. The Hall–Kier alpha value is -1.88. The van der Waals surface area contributed by atoms with Crippen LogP contribution in [-0.4, -0.2) is 28.7 Å². The smallest absolute Gasteiger partial charge is 0.238 e. The van der Waals surface area contributed by atoms with E-state index in [1.807, 2.05) is 18.2 Å². The van der Waals surface area contributed by atoms with Crippen molar-refractivity contribution < 1.29 is 4.79 Å². The van der Waals surface area contributed by atoms with Crippen molar-refractivity contribution in [3.8, 4) is 0 Å². The van der Waals surface area contributed by atoms with Gasteiger partial charge in [-0.2, -0.15) is 5.10 Å². The van der Waals surface area contributed by atoms with E-state index in [2.05, 4.69) is 34.7 Å². The van der Waals surface area contributed by atoms with Crippen molar-refractivity contribution in [1.29, 1.82) is 0 Å². The quantitative estimate of drug-likeness (QED) is 0.754. The minimum absolute atomic E-state index is 0.0441. The van der Waals surface area contributed by atoms with Crippen LogP contribution in [0.25, 0.3) is 10.9 Å². The number of H-pyrrole nitrogens is 1. The predicted octanol–water partition coefficient (Wildman–Crippen LogP) is 1.89. The molecule has 0 aliphatic rings. The van der Waals surface area contributed by atoms with Crippen LogP contribution < -0.4 is 10.6 Å². The minimum Gasteiger partial charge on any atom is -0.323 e. The van der Waals surface area contributed by atoms with Gasteiger partial charge in [-0.05, 0) is 19.4 Å². The first kappa shape index (κ1) is 12.6. The van der Waals surface area contributed by atoms with E-state index in [1.165, 1.54) is 0 Å². The van der Waals surface area contributed by atoms with Crippen molar-refractivity contribution in [1.82, 2.24) is 15.5 Å². The van der Waals surface area contributed by atoms with E-state index in [-0.39, 0.29) is 5.91 Å². The summed E-state index contributed by atoms with van der Waals surface area (Å²) in [5.41, 5.74) is 1.62. The summed E-state index contributed by atoms with van der Waals surface area (Å²) in [4.78, 5) is 11.8. The lowest BCUT2D eigenvalue weighted by molar-refractivity contribution is -0.115. The Labute approximate surface area is 106 Å². The minimum atomic E-state index is -0.0441. The number of benzene rings is 1. The fourth-order valence-corrected chi connectivity index (χ4v) is 1.68. The summed E-state index contributed by atoms with van der Waals surface area (Å²) in [6, 6.07) is 6.06. The van der Waals surface area contributed by atoms with Crippen LogP contribution >= 0.6 is 0 Å². The first-order valence-electron chi connectivity index (χ1n) is 6.16. The van der Waals surface area contributed by atoms with Crippen LogP contribution in [0.4, 0.5) is 5.69 Å². The van der Waals surface area contributed by atoms with E-state index < -0.39 is 0 Å². The van der Waals surface area contributed by atoms with Gasteiger partial charge < -0.3 is 10.6 Å². The van der Waals surface area contributed by atoms with Gasteiger partial charge in [0.15, 0.2) is 0 Å². The summed E-state index contributed by atoms with van der Waals surface area (Å²) in [6.45, 7) is 4.46. The first-order chi connectivity index (χ1) is 8.70. The Morgan fingerprint density at radius 2 is 2.33 bits per heavy atom. The molecule has 0 aliphatic heterocycles. The van der Waals surface area contributed by atoms with Crippen LogP contribution in [0.3, 0.4) is 0 Å². The number of rotatable bonds is 5. The van der Waals surface area contributed by atoms with E-state index in [1.54, 1.807) is 6.20 Å². The molecule has 3 N–H and O–H groups in total. The maximum absolute atomic E-state index is 11.8. The van der Waals surface area contributed by atoms with Crippen LogP contribution in [0.5, 0.6) is 0 Å². The Morgan fingerprint density at radius 1 is 1.50 bits per heavy atom. The number of hydrogen-bond acceptors (Lipinski definition) is 3. The molecule has 5 heteroatoms. The number of amides is 1. The molecule has 0 saturated heterocycles. The number of carbonyl (C=O) groups excluding carboxylic acids is 1. The number of anilines is 1. The van der Waals surface area contributed by atoms with Gasteiger partial charge >= 0.3 is 0 Å². The Kier molecular flexibility index (Phi) is 3.94. The van der Waals surface area contributed by atoms with E-state index in [9.17, 15) is 4.79 Å². The van der Waals surface area contributed by atoms with Crippen LogP contribution in [0.15, 0.2) is 24.4 Å². The molecular weight excluding hydrogens is 228 g/mol. The molecule has 96 valence electrons. The number of hydrogen-bond donors (Lipinski definition) is 3. The van der Waals surface area contributed by atoms with E-state index in [0.29, 0.717) is 12.6 Å². The highest BCUT2D eigenvalue weighted by molar-refractivity contribution is 6.00. The summed E-state index contributed by atoms with van der Waals surface area (Å²) in [5.74, 6) is -0.0441. The zero-order valence-corrected chi connectivity index (χ0v) is 10.7. The molecule has 0 radical (unpaired) electrons. The van der Waals surface area contributed by atoms with Crippen LogP contribution in [0, 0.1) is 0 Å². The van der Waals surface area contributed by atoms with Gasteiger partial charge in [0.25, 0.3) is 0 Å². The van der Waals surface area contributed by atoms with Crippen LogP contribution in [0.2, 0.25) is 0 Å². The van der Waals surface area contributed by atoms with Crippen molar-refractivity contribution in [3.63, 3.8) is 0 Å². The average Bonchev–Trinajstić information content (AvgIpc) is 2.85. The molecule has 1 atom stereocenters. The fourth-order valence-electron chi connectivity index (χ4n) is 1.68. The second-order valence-corrected chi connectivity index (χ2v) is 4.38. The highest BCUT2D eigenvalue weighted by Gasteiger charge is 2.07. The van der Waals surface area contributed by atoms with Gasteiger partial charge in [-0.1, -0.05) is 19.1 Å². The van der Waals surface area contributed by atoms with Gasteiger partial charge in [0.2, 0.25) is 5.91 Å². The highest BCUT2D eigenvalue weighted by Crippen LogP contribution is 2.19. The molecular formula is C13H18N4O. The first-order valence-corrected chi connectivity index (χ1v) is 6.16. The largest absolute Gasteiger partial charge is 0.323 e. The average molecular weight is 246 g/mol. The molecule has 5 nitrogen and oxygen atoms in total. The van der Waals surface area contributed by atoms with Crippen molar-refractivity contribution in [2.75, 3.05) is 11.9 Å². The molecule has 1 aromatic carbocycles. The molecule has 18 heavy (non-hydrogen) atoms. The lowest BCUT2D eigenvalue weighted by Crippen LogP contribution is -2.34. The van der Waals surface area contributed by atoms with Crippen molar-refractivity contribution in [3.05, 3.63) is 24.4 Å². The number of aromatic amines is 1. The standard InChI is InChI=1S/C13H18N4O/c1-3-9(2)14-8-12(18)16-11-6-4-5-10-7-15-17-13(10)11/h4-7,9,14H,3,8H2,1-2H3,(H,15,17)(H,16,18). The maximum atomic E-state index is 11.8. The van der Waals surface area contributed by atoms with Crippen molar-refractivity contribution >= 4 is 22.5 Å². The third kappa shape index (κ3) is 2.87. The number of aromatic nitrogens is 2. The summed E-state index contributed by atoms with van der Waals surface area (Å²) in [7, 11) is 0. The summed E-state index contributed by atoms with van der Waals surface area (Å²) in [6.07, 6.45) is 2.74. The van der Waals surface area contributed by atoms with Gasteiger partial charge in [0.1, 0.15) is 0 Å². The second kappa shape index (κ2) is 5.64. The third-order valence-electron chi connectivity index (χ3n) is 2.97. The molecule has 0 aliphatic carbocycles. The second-order valence-electron chi connectivity index (χ2n) is 4.38. The number of fused-ring (bicyclic) bond motifs is 1. The third-order valence-corrected chi connectivity index (χ3v) is 2.97. The van der Waals surface area contributed by atoms with Crippen molar-refractivity contribution in [2.24, 2.45) is 0 Å². The Balaban J connectivity index is 2.00. The molecule has 0 saturated carbocycles. The SMILES string of the molecule is CCC(C)NCC(=O)Nc1cccc2cn[nH]c12. The van der Waals surface area contributed by atoms with E-state index >= 15 is 0 Å². The summed E-state index contributed by atoms with van der Waals surface area (Å²) >= 11 is 0. The number of nitrogens with one attached hydrogen (secondary N) is 3. The predicted molar refractivity (Wildman–Crippen MR) is 72.5 cm³/mol. The van der Waals surface area contributed by atoms with E-state index in [0.717, 1.165) is 23.0 Å². The fraction of sp³-hybridized carbons (Fsp3) is 0.385. The van der Waals surface area contributed by atoms with Gasteiger partial charge in [-0.25, -0.2) is 0 Å². The van der Waals surface area contributed by atoms with Crippen LogP contribution in [-0.2, 0) is 4.79 Å². The lowest BCUT2D eigenvalue weighted by Gasteiger charge is -2.11. The highest BCUT2D eigenvalue weighted by atomic mass is 16.1. The van der Waals surface area contributed by atoms with Gasteiger partial charge in [0.05, 0.1) is 23.9 Å². The zero-order valence-electron chi connectivity index (χ0n) is 10.7. The summed E-state index contributed by atoms with van der Waals surface area (Å²) < 4.78 is 0. The van der Waals surface area contributed by atoms with E-state index in [4.69, 9.17) is 0 Å². The van der Waals surface area contributed by atoms with Gasteiger partial charge in [0, 0.05) is 11.4 Å². The molecule has 1 unspecified atom stereocenters. The topological polar surface area (TPSA) is 69.8 Å². The molecule has 0 fully saturated rings. The monoisotopic (exact) mass is 246 g/mol. The zero-order chi connectivity index (χ0) is 13.0. The van der Waals surface area contributed by atoms with Gasteiger partial charge in [-0.15, -0.1) is 0 Å².